The minimum atomic E-state index is -1.04. The summed E-state index contributed by atoms with van der Waals surface area (Å²) in [6, 6.07) is 14.9. The lowest BCUT2D eigenvalue weighted by atomic mass is 10.1. The Morgan fingerprint density at radius 1 is 1.02 bits per heavy atom. The molecule has 9 nitrogen and oxygen atoms in total. The maximum atomic E-state index is 13.5. The number of nitrogens with two attached hydrogens (primary N) is 1. The maximum Gasteiger partial charge on any atom is 0.328 e. The topological polar surface area (TPSA) is 105 Å². The van der Waals surface area contributed by atoms with Crippen LogP contribution >= 0.6 is 23.4 Å². The number of esters is 1. The predicted octanol–water partition coefficient (Wildman–Crippen LogP) is 3.33. The number of carbonyl (C=O) groups excluding carboxylic acids is 3. The van der Waals surface area contributed by atoms with Crippen LogP contribution < -0.4 is 10.6 Å². The summed E-state index contributed by atoms with van der Waals surface area (Å²) in [5.41, 5.74) is 7.99. The van der Waals surface area contributed by atoms with E-state index >= 15 is 0 Å². The molecule has 0 unspecified atom stereocenters. The lowest BCUT2D eigenvalue weighted by Gasteiger charge is -2.35. The second-order valence-electron chi connectivity index (χ2n) is 10.0. The minimum Gasteiger partial charge on any atom is -0.468 e. The van der Waals surface area contributed by atoms with E-state index in [0.29, 0.717) is 43.2 Å². The van der Waals surface area contributed by atoms with E-state index in [9.17, 15) is 14.4 Å². The first-order valence-electron chi connectivity index (χ1n) is 13.9. The van der Waals surface area contributed by atoms with E-state index in [1.54, 1.807) is 24.3 Å². The number of ether oxygens (including phenoxy) is 2. The van der Waals surface area contributed by atoms with E-state index in [0.717, 1.165) is 42.8 Å². The summed E-state index contributed by atoms with van der Waals surface area (Å²) in [5.74, 6) is -0.636. The fourth-order valence-electron chi connectivity index (χ4n) is 4.50. The van der Waals surface area contributed by atoms with Crippen molar-refractivity contribution < 1.29 is 23.9 Å². The van der Waals surface area contributed by atoms with Gasteiger partial charge >= 0.3 is 5.97 Å². The molecular formula is C30H41ClN4O5S. The highest BCUT2D eigenvalue weighted by molar-refractivity contribution is 8.01. The van der Waals surface area contributed by atoms with Gasteiger partial charge in [0.25, 0.3) is 11.8 Å². The van der Waals surface area contributed by atoms with Crippen molar-refractivity contribution in [2.24, 2.45) is 5.73 Å². The van der Waals surface area contributed by atoms with Crippen molar-refractivity contribution in [3.05, 3.63) is 64.7 Å². The molecule has 0 aliphatic carbocycles. The number of thioether (sulfide) groups is 1. The molecule has 1 aliphatic rings. The smallest absolute Gasteiger partial charge is 0.328 e. The molecule has 41 heavy (non-hydrogen) atoms. The Bertz CT molecular complexity index is 1120. The monoisotopic (exact) mass is 604 g/mol. The van der Waals surface area contributed by atoms with Crippen LogP contribution in [0.2, 0.25) is 5.02 Å². The first kappa shape index (κ1) is 32.9. The van der Waals surface area contributed by atoms with Gasteiger partial charge in [-0.25, -0.2) is 0 Å². The van der Waals surface area contributed by atoms with Gasteiger partial charge in [0.15, 0.2) is 5.25 Å². The van der Waals surface area contributed by atoms with E-state index < -0.39 is 17.1 Å². The molecule has 0 bridgehead atoms. The molecule has 1 fully saturated rings. The van der Waals surface area contributed by atoms with E-state index in [1.807, 2.05) is 43.0 Å². The summed E-state index contributed by atoms with van der Waals surface area (Å²) < 4.78 is 10.6. The number of anilines is 1. The van der Waals surface area contributed by atoms with Crippen molar-refractivity contribution in [2.45, 2.75) is 31.6 Å². The minimum absolute atomic E-state index is 0.00660. The molecule has 0 saturated carbocycles. The van der Waals surface area contributed by atoms with Gasteiger partial charge in [0.2, 0.25) is 0 Å². The van der Waals surface area contributed by atoms with Gasteiger partial charge < -0.3 is 25.0 Å². The third-order valence-electron chi connectivity index (χ3n) is 6.79. The molecule has 1 saturated heterocycles. The Hall–Kier alpha value is -2.63. The Morgan fingerprint density at radius 2 is 1.68 bits per heavy atom. The largest absolute Gasteiger partial charge is 0.468 e. The van der Waals surface area contributed by atoms with Gasteiger partial charge in [-0.15, -0.1) is 11.8 Å². The van der Waals surface area contributed by atoms with Crippen molar-refractivity contribution in [2.75, 3.05) is 70.2 Å². The highest BCUT2D eigenvalue weighted by atomic mass is 35.5. The van der Waals surface area contributed by atoms with Gasteiger partial charge in [0, 0.05) is 67.8 Å². The number of hydrogen-bond donors (Lipinski definition) is 1. The molecule has 0 aromatic heterocycles. The molecule has 1 atom stereocenters. The van der Waals surface area contributed by atoms with Crippen molar-refractivity contribution in [3.63, 3.8) is 0 Å². The summed E-state index contributed by atoms with van der Waals surface area (Å²) in [6.45, 7) is 8.56. The molecule has 224 valence electrons. The van der Waals surface area contributed by atoms with Crippen LogP contribution in [0.3, 0.4) is 0 Å². The molecule has 2 amide bonds. The number of benzene rings is 2. The van der Waals surface area contributed by atoms with Crippen molar-refractivity contribution in [1.82, 2.24) is 9.80 Å². The second kappa shape index (κ2) is 16.7. The number of rotatable bonds is 14. The lowest BCUT2D eigenvalue weighted by molar-refractivity contribution is -0.142. The molecule has 0 spiro atoms. The van der Waals surface area contributed by atoms with E-state index in [4.69, 9.17) is 26.8 Å². The van der Waals surface area contributed by atoms with Gasteiger partial charge in [0.1, 0.15) is 0 Å². The lowest BCUT2D eigenvalue weighted by Crippen LogP contribution is -2.49. The Kier molecular flexibility index (Phi) is 13.4. The number of nitrogens with zero attached hydrogens (tertiary/aromatic N) is 3. The van der Waals surface area contributed by atoms with Gasteiger partial charge in [-0.1, -0.05) is 23.7 Å². The third-order valence-corrected chi connectivity index (χ3v) is 8.24. The number of amides is 2. The van der Waals surface area contributed by atoms with Crippen LogP contribution in [0.4, 0.5) is 5.69 Å². The zero-order valence-electron chi connectivity index (χ0n) is 24.1. The summed E-state index contributed by atoms with van der Waals surface area (Å²) in [5, 5.41) is -0.305. The molecule has 1 heterocycles. The molecule has 2 aromatic carbocycles. The van der Waals surface area contributed by atoms with Crippen LogP contribution in [-0.2, 0) is 25.5 Å². The van der Waals surface area contributed by atoms with E-state index in [-0.39, 0.29) is 18.6 Å². The highest BCUT2D eigenvalue weighted by Crippen LogP contribution is 2.23. The van der Waals surface area contributed by atoms with Gasteiger partial charge in [-0.2, -0.15) is 0 Å². The Morgan fingerprint density at radius 3 is 2.27 bits per heavy atom. The molecule has 3 rings (SSSR count). The maximum absolute atomic E-state index is 13.5. The highest BCUT2D eigenvalue weighted by Gasteiger charge is 2.33. The zero-order valence-corrected chi connectivity index (χ0v) is 25.7. The van der Waals surface area contributed by atoms with Crippen LogP contribution in [0.15, 0.2) is 48.5 Å². The van der Waals surface area contributed by atoms with Crippen molar-refractivity contribution in [3.8, 4) is 0 Å². The first-order chi connectivity index (χ1) is 19.7. The summed E-state index contributed by atoms with van der Waals surface area (Å²) in [6.07, 6.45) is 0.929. The van der Waals surface area contributed by atoms with Crippen LogP contribution in [-0.4, -0.2) is 104 Å². The average molecular weight is 605 g/mol. The van der Waals surface area contributed by atoms with E-state index in [2.05, 4.69) is 4.90 Å². The van der Waals surface area contributed by atoms with Gasteiger partial charge in [-0.3, -0.25) is 19.3 Å². The zero-order chi connectivity index (χ0) is 29.8. The normalized spacial score (nSPS) is 14.6. The fraction of sp³-hybridized carbons (Fsp3) is 0.500. The SMILES string of the molecule is COC(=O)[C@@H](SCCN)C(=O)N(CCOC(C)C)c1ccc(C(=O)N2CCN(CCc3ccc(Cl)cc3)CC2)cc1. The molecule has 11 heteroatoms. The number of piperazine rings is 1. The van der Waals surface area contributed by atoms with Crippen LogP contribution in [0.25, 0.3) is 0 Å². The standard InChI is InChI=1S/C30H41ClN4O5S/c1-22(2)40-20-19-35(29(37)27(30(38)39-3)41-21-13-32)26-10-6-24(7-11-26)28(36)34-17-15-33(16-18-34)14-12-23-4-8-25(31)9-5-23/h4-11,22,27H,12-21,32H2,1-3H3/t27-/m0/s1. The van der Waals surface area contributed by atoms with Crippen LogP contribution in [0.1, 0.15) is 29.8 Å². The van der Waals surface area contributed by atoms with Gasteiger partial charge in [0.05, 0.1) is 19.8 Å². The number of methoxy groups -OCH3 is 1. The Labute approximate surface area is 252 Å². The summed E-state index contributed by atoms with van der Waals surface area (Å²) in [7, 11) is 1.26. The molecule has 1 aliphatic heterocycles. The van der Waals surface area contributed by atoms with Gasteiger partial charge in [-0.05, 0) is 62.2 Å². The second-order valence-corrected chi connectivity index (χ2v) is 11.7. The van der Waals surface area contributed by atoms with Crippen LogP contribution in [0.5, 0.6) is 0 Å². The quantitative estimate of drug-likeness (QED) is 0.259. The first-order valence-corrected chi connectivity index (χ1v) is 15.3. The van der Waals surface area contributed by atoms with E-state index in [1.165, 1.54) is 17.6 Å². The molecular weight excluding hydrogens is 564 g/mol. The number of carbonyl (C=O) groups is 3. The summed E-state index contributed by atoms with van der Waals surface area (Å²) >= 11 is 7.13. The fourth-order valence-corrected chi connectivity index (χ4v) is 5.50. The molecule has 2 aromatic rings. The average Bonchev–Trinajstić information content (AvgIpc) is 2.99. The predicted molar refractivity (Wildman–Crippen MR) is 165 cm³/mol. The number of halogens is 1. The molecule has 2 N–H and O–H groups in total. The Balaban J connectivity index is 1.63. The third kappa shape index (κ3) is 10.0. The van der Waals surface area contributed by atoms with Crippen molar-refractivity contribution >= 4 is 46.8 Å². The molecule has 0 radical (unpaired) electrons. The number of hydrogen-bond acceptors (Lipinski definition) is 8. The van der Waals surface area contributed by atoms with Crippen molar-refractivity contribution in [1.29, 1.82) is 0 Å². The summed E-state index contributed by atoms with van der Waals surface area (Å²) in [4.78, 5) is 44.9. The van der Waals surface area contributed by atoms with Crippen LogP contribution in [0, 0.1) is 0 Å².